The lowest BCUT2D eigenvalue weighted by atomic mass is 9.93. The number of nitrogens with one attached hydrogen (secondary N) is 2. The van der Waals surface area contributed by atoms with Crippen LogP contribution in [0, 0.1) is 6.92 Å². The number of nitrogen functional groups attached to an aromatic ring is 1. The number of alkyl halides is 3. The summed E-state index contributed by atoms with van der Waals surface area (Å²) in [4.78, 5) is 21.6. The number of halogens is 3. The maximum absolute atomic E-state index is 10.6. The predicted octanol–water partition coefficient (Wildman–Crippen LogP) is 4.70. The summed E-state index contributed by atoms with van der Waals surface area (Å²) >= 11 is 0. The van der Waals surface area contributed by atoms with Crippen molar-refractivity contribution in [2.24, 2.45) is 7.05 Å². The molecule has 0 radical (unpaired) electrons. The number of carboxylic acid groups (broad SMARTS) is 1. The fourth-order valence-electron chi connectivity index (χ4n) is 4.25. The molecule has 14 heteroatoms. The van der Waals surface area contributed by atoms with Gasteiger partial charge in [-0.3, -0.25) is 4.68 Å². The van der Waals surface area contributed by atoms with Crippen LogP contribution in [0.3, 0.4) is 0 Å². The lowest BCUT2D eigenvalue weighted by Gasteiger charge is -2.25. The number of H-pyrrole nitrogens is 1. The minimum Gasteiger partial charge on any atom is -0.475 e. The topological polar surface area (TPSA) is 153 Å². The number of nitrogens with zero attached hydrogens (tertiary/aromatic N) is 6. The minimum absolute atomic E-state index is 0.341. The normalized spacial score (nSPS) is 13.8. The number of nitrogens with two attached hydrogens (primary N) is 1. The molecule has 0 unspecified atom stereocenters. The van der Waals surface area contributed by atoms with E-state index in [4.69, 9.17) is 25.7 Å². The monoisotopic (exact) mass is 527 g/mol. The van der Waals surface area contributed by atoms with Crippen molar-refractivity contribution >= 4 is 45.4 Å². The Morgan fingerprint density at radius 2 is 1.95 bits per heavy atom. The van der Waals surface area contributed by atoms with Crippen LogP contribution in [0.15, 0.2) is 36.7 Å². The molecule has 1 aliphatic carbocycles. The minimum atomic E-state index is -5.08. The fourth-order valence-corrected chi connectivity index (χ4v) is 4.25. The summed E-state index contributed by atoms with van der Waals surface area (Å²) in [6.45, 7) is 1.94. The van der Waals surface area contributed by atoms with Crippen molar-refractivity contribution in [1.29, 1.82) is 0 Å². The summed E-state index contributed by atoms with van der Waals surface area (Å²) in [7, 11) is 1.88. The highest BCUT2D eigenvalue weighted by Gasteiger charge is 2.38. The molecule has 1 fully saturated rings. The average Bonchev–Trinajstić information content (AvgIpc) is 3.50. The molecule has 1 saturated carbocycles. The van der Waals surface area contributed by atoms with Crippen LogP contribution in [0.2, 0.25) is 0 Å². The quantitative estimate of drug-likeness (QED) is 0.262. The Hall–Kier alpha value is -4.62. The van der Waals surface area contributed by atoms with E-state index in [9.17, 15) is 13.2 Å². The first kappa shape index (κ1) is 25.0. The van der Waals surface area contributed by atoms with Crippen LogP contribution in [0.1, 0.15) is 31.0 Å². The molecule has 38 heavy (non-hydrogen) atoms. The standard InChI is InChI=1S/C22H23N9.C2HF3O2/c1-12-17(11-30(2)28-12)25-22-26-20(23)18-19(14-7-6-13-8-9-24-16(13)10-14)29-31(21(18)27-22)15-4-3-5-15;3-2(4,5)1(6)7/h6-11,15,24H,3-5H2,1-2H3,(H3,23,25,26,27);(H,6,7). The molecule has 1 aliphatic rings. The summed E-state index contributed by atoms with van der Waals surface area (Å²) in [5, 5.41) is 21.7. The lowest BCUT2D eigenvalue weighted by molar-refractivity contribution is -0.192. The molecule has 0 spiro atoms. The van der Waals surface area contributed by atoms with Crippen molar-refractivity contribution in [1.82, 2.24) is 34.5 Å². The van der Waals surface area contributed by atoms with Crippen LogP contribution in [0.5, 0.6) is 0 Å². The number of aromatic nitrogens is 7. The largest absolute Gasteiger partial charge is 0.490 e. The van der Waals surface area contributed by atoms with Gasteiger partial charge in [-0.15, -0.1) is 0 Å². The molecule has 0 amide bonds. The van der Waals surface area contributed by atoms with Crippen molar-refractivity contribution in [3.8, 4) is 11.3 Å². The Labute approximate surface area is 213 Å². The van der Waals surface area contributed by atoms with Crippen LogP contribution in [-0.4, -0.2) is 51.8 Å². The summed E-state index contributed by atoms with van der Waals surface area (Å²) < 4.78 is 35.5. The second kappa shape index (κ2) is 9.36. The molecular weight excluding hydrogens is 503 g/mol. The van der Waals surface area contributed by atoms with Crippen molar-refractivity contribution in [2.75, 3.05) is 11.1 Å². The van der Waals surface area contributed by atoms with Gasteiger partial charge in [0.25, 0.3) is 0 Å². The number of benzene rings is 1. The first-order chi connectivity index (χ1) is 18.0. The van der Waals surface area contributed by atoms with E-state index in [1.54, 1.807) is 4.68 Å². The fraction of sp³-hybridized carbons (Fsp3) is 0.292. The van der Waals surface area contributed by atoms with E-state index in [1.165, 1.54) is 6.42 Å². The SMILES string of the molecule is Cc1nn(C)cc1Nc1nc(N)c2c(-c3ccc4cc[nH]c4c3)nn(C3CCC3)c2n1.O=C(O)C(F)(F)F. The number of rotatable bonds is 4. The van der Waals surface area contributed by atoms with Gasteiger partial charge >= 0.3 is 12.1 Å². The van der Waals surface area contributed by atoms with Crippen molar-refractivity contribution < 1.29 is 23.1 Å². The zero-order valence-electron chi connectivity index (χ0n) is 20.4. The number of aryl methyl sites for hydroxylation is 2. The maximum atomic E-state index is 10.6. The van der Waals surface area contributed by atoms with Gasteiger partial charge < -0.3 is 21.1 Å². The van der Waals surface area contributed by atoms with Crippen LogP contribution in [0.4, 0.5) is 30.6 Å². The number of hydrogen-bond acceptors (Lipinski definition) is 7. The van der Waals surface area contributed by atoms with E-state index in [1.807, 2.05) is 31.0 Å². The molecule has 198 valence electrons. The van der Waals surface area contributed by atoms with Gasteiger partial charge in [-0.1, -0.05) is 12.1 Å². The summed E-state index contributed by atoms with van der Waals surface area (Å²) in [6.07, 6.45) is 2.16. The van der Waals surface area contributed by atoms with Gasteiger partial charge in [0, 0.05) is 30.5 Å². The number of carbonyl (C=O) groups is 1. The smallest absolute Gasteiger partial charge is 0.475 e. The van der Waals surface area contributed by atoms with Crippen molar-refractivity contribution in [3.63, 3.8) is 0 Å². The van der Waals surface area contributed by atoms with E-state index in [0.29, 0.717) is 17.8 Å². The molecule has 5 aromatic rings. The van der Waals surface area contributed by atoms with Gasteiger partial charge in [0.15, 0.2) is 5.65 Å². The molecule has 4 aromatic heterocycles. The number of aliphatic carboxylic acids is 1. The van der Waals surface area contributed by atoms with E-state index < -0.39 is 12.1 Å². The van der Waals surface area contributed by atoms with Crippen LogP contribution in [-0.2, 0) is 11.8 Å². The zero-order valence-corrected chi connectivity index (χ0v) is 20.4. The molecule has 0 bridgehead atoms. The van der Waals surface area contributed by atoms with Crippen molar-refractivity contribution in [3.05, 3.63) is 42.4 Å². The maximum Gasteiger partial charge on any atom is 0.490 e. The molecular formula is C24H24F3N9O2. The van der Waals surface area contributed by atoms with E-state index in [-0.39, 0.29) is 0 Å². The number of aromatic amines is 1. The molecule has 6 rings (SSSR count). The zero-order chi connectivity index (χ0) is 27.2. The van der Waals surface area contributed by atoms with Crippen LogP contribution < -0.4 is 11.1 Å². The molecule has 5 N–H and O–H groups in total. The number of anilines is 3. The molecule has 0 saturated heterocycles. The second-order valence-electron chi connectivity index (χ2n) is 9.02. The molecule has 1 aromatic carbocycles. The number of fused-ring (bicyclic) bond motifs is 2. The molecule has 4 heterocycles. The Kier molecular flexibility index (Phi) is 6.17. The third-order valence-electron chi connectivity index (χ3n) is 6.33. The van der Waals surface area contributed by atoms with Crippen LogP contribution in [0.25, 0.3) is 33.2 Å². The Morgan fingerprint density at radius 3 is 2.55 bits per heavy atom. The van der Waals surface area contributed by atoms with Gasteiger partial charge in [0.2, 0.25) is 5.95 Å². The summed E-state index contributed by atoms with van der Waals surface area (Å²) in [6, 6.07) is 8.67. The van der Waals surface area contributed by atoms with Gasteiger partial charge in [-0.05, 0) is 43.7 Å². The second-order valence-corrected chi connectivity index (χ2v) is 9.02. The third kappa shape index (κ3) is 4.71. The average molecular weight is 528 g/mol. The van der Waals surface area contributed by atoms with E-state index in [0.717, 1.165) is 57.4 Å². The van der Waals surface area contributed by atoms with Gasteiger partial charge in [-0.25, -0.2) is 9.48 Å². The first-order valence-corrected chi connectivity index (χ1v) is 11.7. The van der Waals surface area contributed by atoms with Gasteiger partial charge in [-0.2, -0.15) is 33.3 Å². The first-order valence-electron chi connectivity index (χ1n) is 11.7. The highest BCUT2D eigenvalue weighted by atomic mass is 19.4. The molecule has 11 nitrogen and oxygen atoms in total. The third-order valence-corrected chi connectivity index (χ3v) is 6.33. The Morgan fingerprint density at radius 1 is 1.21 bits per heavy atom. The number of carboxylic acids is 1. The Bertz CT molecular complexity index is 1650. The summed E-state index contributed by atoms with van der Waals surface area (Å²) in [5.74, 6) is -1.89. The summed E-state index contributed by atoms with van der Waals surface area (Å²) in [5.41, 5.74) is 11.9. The van der Waals surface area contributed by atoms with E-state index >= 15 is 0 Å². The highest BCUT2D eigenvalue weighted by Crippen LogP contribution is 2.39. The molecule has 0 aliphatic heterocycles. The number of hydrogen-bond donors (Lipinski definition) is 4. The van der Waals surface area contributed by atoms with Crippen LogP contribution >= 0.6 is 0 Å². The molecule has 0 atom stereocenters. The Balaban J connectivity index is 0.000000374. The predicted molar refractivity (Wildman–Crippen MR) is 135 cm³/mol. The highest BCUT2D eigenvalue weighted by molar-refractivity contribution is 6.00. The van der Waals surface area contributed by atoms with Crippen molar-refractivity contribution in [2.45, 2.75) is 38.4 Å². The van der Waals surface area contributed by atoms with Gasteiger partial charge in [0.1, 0.15) is 11.5 Å². The van der Waals surface area contributed by atoms with E-state index in [2.05, 4.69) is 44.6 Å². The van der Waals surface area contributed by atoms with Gasteiger partial charge in [0.05, 0.1) is 22.8 Å². The lowest BCUT2D eigenvalue weighted by Crippen LogP contribution is -2.21.